The van der Waals surface area contributed by atoms with Crippen LogP contribution in [0.4, 0.5) is 0 Å². The van der Waals surface area contributed by atoms with E-state index in [-0.39, 0.29) is 0 Å². The number of aliphatic hydroxyl groups is 3. The molecule has 0 saturated carbocycles. The van der Waals surface area contributed by atoms with Crippen molar-refractivity contribution in [3.8, 4) is 0 Å². The van der Waals surface area contributed by atoms with Gasteiger partial charge < -0.3 is 25.6 Å². The van der Waals surface area contributed by atoms with E-state index in [0.29, 0.717) is 6.04 Å². The Balaban J connectivity index is 0.000000660. The molecule has 0 spiro atoms. The van der Waals surface area contributed by atoms with Gasteiger partial charge in [0.05, 0.1) is 31.7 Å². The molecule has 0 aliphatic carbocycles. The summed E-state index contributed by atoms with van der Waals surface area (Å²) in [5.41, 5.74) is 3.94. The van der Waals surface area contributed by atoms with Crippen molar-refractivity contribution in [3.05, 3.63) is 18.7 Å². The van der Waals surface area contributed by atoms with Crippen LogP contribution in [-0.2, 0) is 0 Å². The fourth-order valence-electron chi connectivity index (χ4n) is 3.02. The maximum absolute atomic E-state index is 8.34. The Hall–Kier alpha value is -0.950. The Labute approximate surface area is 159 Å². The number of unbranched alkanes of at least 4 members (excludes halogenated alkanes) is 2. The summed E-state index contributed by atoms with van der Waals surface area (Å²) in [6, 6.07) is 0.561. The number of imidazole rings is 1. The molecule has 1 rings (SSSR count). The first-order valence-corrected chi connectivity index (χ1v) is 9.97. The zero-order chi connectivity index (χ0) is 20.0. The van der Waals surface area contributed by atoms with Crippen LogP contribution in [0.25, 0.3) is 0 Å². The highest BCUT2D eigenvalue weighted by atomic mass is 16.3. The number of rotatable bonds is 12. The van der Waals surface area contributed by atoms with E-state index >= 15 is 0 Å². The molecule has 0 aliphatic rings. The van der Waals surface area contributed by atoms with E-state index in [1.165, 1.54) is 38.5 Å². The molecule has 0 aromatic carbocycles. The summed E-state index contributed by atoms with van der Waals surface area (Å²) in [4.78, 5) is 4.17. The summed E-state index contributed by atoms with van der Waals surface area (Å²) >= 11 is 0. The van der Waals surface area contributed by atoms with Gasteiger partial charge in [0.25, 0.3) is 0 Å². The monoisotopic (exact) mass is 371 g/mol. The van der Waals surface area contributed by atoms with Crippen molar-refractivity contribution in [1.82, 2.24) is 9.55 Å². The average Bonchev–Trinajstić information content (AvgIpc) is 3.21. The minimum Gasteiger partial charge on any atom is -0.394 e. The van der Waals surface area contributed by atoms with Crippen molar-refractivity contribution in [1.29, 1.82) is 0 Å². The molecular formula is C20H41N3O3. The summed E-state index contributed by atoms with van der Waals surface area (Å²) in [6.45, 7) is 8.12. The van der Waals surface area contributed by atoms with Crippen LogP contribution in [0.3, 0.4) is 0 Å². The summed E-state index contributed by atoms with van der Waals surface area (Å²) < 4.78 is 2.26. The van der Waals surface area contributed by atoms with E-state index < -0.39 is 25.4 Å². The number of nitrogens with zero attached hydrogens (tertiary/aromatic N) is 2. The number of hydrogen-bond donors (Lipinski definition) is 4. The van der Waals surface area contributed by atoms with Gasteiger partial charge >= 0.3 is 0 Å². The van der Waals surface area contributed by atoms with Crippen LogP contribution < -0.4 is 5.73 Å². The normalized spacial score (nSPS) is 15.1. The highest BCUT2D eigenvalue weighted by Crippen LogP contribution is 2.31. The molecule has 0 aliphatic heterocycles. The van der Waals surface area contributed by atoms with Gasteiger partial charge in [-0.15, -0.1) is 0 Å². The molecule has 3 unspecified atom stereocenters. The second-order valence-corrected chi connectivity index (χ2v) is 7.49. The van der Waals surface area contributed by atoms with Gasteiger partial charge in [-0.25, -0.2) is 4.98 Å². The van der Waals surface area contributed by atoms with E-state index in [9.17, 15) is 0 Å². The van der Waals surface area contributed by atoms with Crippen LogP contribution >= 0.6 is 0 Å². The Bertz CT molecular complexity index is 414. The minimum atomic E-state index is -1.21. The van der Waals surface area contributed by atoms with Crippen molar-refractivity contribution in [2.45, 2.75) is 77.8 Å². The molecule has 6 heteroatoms. The molecule has 0 fully saturated rings. The molecule has 3 atom stereocenters. The van der Waals surface area contributed by atoms with Gasteiger partial charge in [-0.3, -0.25) is 0 Å². The van der Waals surface area contributed by atoms with Gasteiger partial charge in [0, 0.05) is 18.4 Å². The molecule has 5 N–H and O–H groups in total. The van der Waals surface area contributed by atoms with E-state index in [0.717, 1.165) is 11.8 Å². The lowest BCUT2D eigenvalue weighted by atomic mass is 9.81. The van der Waals surface area contributed by atoms with Crippen LogP contribution in [0.1, 0.15) is 72.3 Å². The molecule has 1 aromatic rings. The van der Waals surface area contributed by atoms with E-state index in [1.54, 1.807) is 0 Å². The van der Waals surface area contributed by atoms with Gasteiger partial charge in [-0.1, -0.05) is 59.3 Å². The lowest BCUT2D eigenvalue weighted by Gasteiger charge is -2.29. The fourth-order valence-corrected chi connectivity index (χ4v) is 3.02. The minimum absolute atomic E-state index is 0.403. The molecular weight excluding hydrogens is 330 g/mol. The number of nitrogens with two attached hydrogens (primary N) is 1. The summed E-state index contributed by atoms with van der Waals surface area (Å²) in [6.07, 6.45) is 14.1. The Kier molecular flexibility index (Phi) is 13.6. The molecule has 1 aromatic heterocycles. The summed E-state index contributed by atoms with van der Waals surface area (Å²) in [5, 5.41) is 25.0. The van der Waals surface area contributed by atoms with Gasteiger partial charge in [0.15, 0.2) is 0 Å². The third-order valence-corrected chi connectivity index (χ3v) is 5.28. The average molecular weight is 372 g/mol. The highest BCUT2D eigenvalue weighted by Gasteiger charge is 2.22. The van der Waals surface area contributed by atoms with Gasteiger partial charge in [0.2, 0.25) is 0 Å². The maximum atomic E-state index is 8.34. The first kappa shape index (κ1) is 25.1. The smallest absolute Gasteiger partial charge is 0.0948 e. The standard InChI is InChI=1S/C16H30N2.C4H11NO3/c1-5-7-8-10-16(9-6-2)14(3)15(4)18-12-11-17-13-18;5-4(1-6,2-7)3-8/h11-16H,5-10H2,1-4H3;6-8H,1-3,5H2. The predicted molar refractivity (Wildman–Crippen MR) is 107 cm³/mol. The first-order chi connectivity index (χ1) is 12.4. The zero-order valence-electron chi connectivity index (χ0n) is 17.1. The molecule has 0 bridgehead atoms. The van der Waals surface area contributed by atoms with E-state index in [2.05, 4.69) is 43.4 Å². The molecule has 1 heterocycles. The Morgan fingerprint density at radius 1 is 1.00 bits per heavy atom. The first-order valence-electron chi connectivity index (χ1n) is 9.97. The number of hydrogen-bond acceptors (Lipinski definition) is 5. The second kappa shape index (κ2) is 14.2. The summed E-state index contributed by atoms with van der Waals surface area (Å²) in [7, 11) is 0. The lowest BCUT2D eigenvalue weighted by molar-refractivity contribution is 0.0698. The van der Waals surface area contributed by atoms with Crippen LogP contribution in [-0.4, -0.2) is 50.2 Å². The second-order valence-electron chi connectivity index (χ2n) is 7.49. The molecule has 0 amide bonds. The van der Waals surface area contributed by atoms with Crippen LogP contribution in [0, 0.1) is 11.8 Å². The quantitative estimate of drug-likeness (QED) is 0.423. The predicted octanol–water partition coefficient (Wildman–Crippen LogP) is 2.74. The fraction of sp³-hybridized carbons (Fsp3) is 0.850. The third-order valence-electron chi connectivity index (χ3n) is 5.28. The van der Waals surface area contributed by atoms with Crippen LogP contribution in [0.15, 0.2) is 18.7 Å². The molecule has 154 valence electrons. The highest BCUT2D eigenvalue weighted by molar-refractivity contribution is 4.83. The van der Waals surface area contributed by atoms with Crippen LogP contribution in [0.5, 0.6) is 0 Å². The molecule has 26 heavy (non-hydrogen) atoms. The van der Waals surface area contributed by atoms with Crippen LogP contribution in [0.2, 0.25) is 0 Å². The maximum Gasteiger partial charge on any atom is 0.0948 e. The zero-order valence-corrected chi connectivity index (χ0v) is 17.1. The van der Waals surface area contributed by atoms with Crippen molar-refractivity contribution in [2.75, 3.05) is 19.8 Å². The van der Waals surface area contributed by atoms with Gasteiger partial charge in [-0.05, 0) is 18.8 Å². The third kappa shape index (κ3) is 9.12. The topological polar surface area (TPSA) is 105 Å². The van der Waals surface area contributed by atoms with Crippen molar-refractivity contribution in [2.24, 2.45) is 17.6 Å². The van der Waals surface area contributed by atoms with Gasteiger partial charge in [0.1, 0.15) is 0 Å². The largest absolute Gasteiger partial charge is 0.394 e. The summed E-state index contributed by atoms with van der Waals surface area (Å²) in [5.74, 6) is 1.59. The van der Waals surface area contributed by atoms with Crippen molar-refractivity contribution >= 4 is 0 Å². The molecule has 6 nitrogen and oxygen atoms in total. The number of aromatic nitrogens is 2. The Morgan fingerprint density at radius 3 is 2.00 bits per heavy atom. The van der Waals surface area contributed by atoms with E-state index in [1.807, 2.05) is 12.5 Å². The number of aliphatic hydroxyl groups excluding tert-OH is 3. The van der Waals surface area contributed by atoms with Crippen molar-refractivity contribution in [3.63, 3.8) is 0 Å². The molecule has 0 radical (unpaired) electrons. The van der Waals surface area contributed by atoms with Gasteiger partial charge in [-0.2, -0.15) is 0 Å². The SMILES string of the molecule is CCCCCC(CCC)C(C)C(C)n1ccnc1.NC(CO)(CO)CO. The van der Waals surface area contributed by atoms with E-state index in [4.69, 9.17) is 21.1 Å². The lowest BCUT2D eigenvalue weighted by Crippen LogP contribution is -2.50. The Morgan fingerprint density at radius 2 is 1.62 bits per heavy atom. The molecule has 0 saturated heterocycles. The van der Waals surface area contributed by atoms with Crippen molar-refractivity contribution < 1.29 is 15.3 Å².